The molecule has 49 atom stereocenters. The van der Waals surface area contributed by atoms with Gasteiger partial charge in [-0.25, -0.2) is 4.79 Å². The molecule has 12 rings (SSSR count). The number of allylic oxidation sites excluding steroid dienone is 2. The zero-order chi connectivity index (χ0) is 102. The van der Waals surface area contributed by atoms with Gasteiger partial charge in [0, 0.05) is 12.8 Å². The predicted molar refractivity (Wildman–Crippen MR) is 460 cm³/mol. The van der Waals surface area contributed by atoms with Crippen LogP contribution in [0.5, 0.6) is 0 Å². The monoisotopic (exact) mass is 1990 g/mol. The van der Waals surface area contributed by atoms with Crippen LogP contribution in [0.4, 0.5) is 0 Å². The molecule has 0 aromatic heterocycles. The molecule has 46 heteroatoms. The number of hydrogen-bond donors (Lipinski definition) is 23. The largest absolute Gasteiger partial charge is 0.479 e. The molecule has 7 aliphatic heterocycles. The summed E-state index contributed by atoms with van der Waals surface area (Å²) in [4.78, 5) is 72.3. The number of fused-ring (bicyclic) bond motifs is 7. The van der Waals surface area contributed by atoms with Gasteiger partial charge in [0.05, 0.1) is 94.0 Å². The summed E-state index contributed by atoms with van der Waals surface area (Å²) >= 11 is 0. The van der Waals surface area contributed by atoms with E-state index in [9.17, 15) is 137 Å². The molecule has 4 saturated carbocycles. The number of carboxylic acids is 1. The molecular formula is C92H150O46. The molecule has 0 aromatic rings. The van der Waals surface area contributed by atoms with Gasteiger partial charge in [0.2, 0.25) is 18.4 Å². The topological polar surface area (TPSA) is 717 Å². The van der Waals surface area contributed by atoms with Gasteiger partial charge in [0.1, 0.15) is 153 Å². The Morgan fingerprint density at radius 1 is 0.536 bits per heavy atom. The fourth-order valence-corrected chi connectivity index (χ4v) is 23.5. The first kappa shape index (κ1) is 113. The van der Waals surface area contributed by atoms with Crippen molar-refractivity contribution < 1.29 is 227 Å². The van der Waals surface area contributed by atoms with E-state index in [1.165, 1.54) is 20.8 Å². The Kier molecular flexibility index (Phi) is 36.9. The van der Waals surface area contributed by atoms with E-state index in [4.69, 9.17) is 85.3 Å². The molecule has 138 heavy (non-hydrogen) atoms. The first-order chi connectivity index (χ1) is 64.7. The van der Waals surface area contributed by atoms with Crippen LogP contribution in [0, 0.1) is 62.1 Å². The van der Waals surface area contributed by atoms with Crippen LogP contribution in [0.1, 0.15) is 186 Å². The van der Waals surface area contributed by atoms with E-state index < -0.39 is 378 Å². The minimum absolute atomic E-state index is 0.0272. The molecule has 46 nitrogen and oxygen atoms in total. The molecule has 11 fully saturated rings. The maximum absolute atomic E-state index is 16.5. The minimum Gasteiger partial charge on any atom is -0.479 e. The highest BCUT2D eigenvalue weighted by Crippen LogP contribution is 2.76. The highest BCUT2D eigenvalue weighted by molar-refractivity contribution is 5.80. The van der Waals surface area contributed by atoms with Crippen LogP contribution in [-0.4, -0.2) is 433 Å². The number of aldehydes is 1. The molecule has 22 unspecified atom stereocenters. The average molecular weight is 1990 g/mol. The summed E-state index contributed by atoms with van der Waals surface area (Å²) in [5.41, 5.74) is -5.73. The number of carbonyl (C=O) groups excluding carboxylic acids is 4. The Morgan fingerprint density at radius 2 is 1.09 bits per heavy atom. The SMILES string of the molecule is CC[C@H](C)[C@H](C[C@H](O)CC(=O)OC(O)C(O[C@@H]1OC(C)[C@H](O[C@H]2OCC(O)[C@H](O[C@H]3OCC(O)[C@H](O)C3O)C2O)C(O)C1O)[C@H](OC(=O)[C@]12CCC(C)(C)CC1C1=CCC3[C@@]4(C)CC[C@H](O[C@@H]5OC(C(=O)O)[C@H](O)C(O[C@@H]6OC[C@@H](O)C(O)C6O)C5O[C@@H]5OC(CO)[C@H](O)C(O)C5O)[C@@](C)(C=O)C4CC[C@@]3(C)[C@]1(C)C[C@H]2O)OC(C)C)OC(=O)C[C@@H](O)C[C@H](OC1(O)CO[C@@H](CO)C1O)[C@@H](C)CC. The lowest BCUT2D eigenvalue weighted by atomic mass is 9.33. The summed E-state index contributed by atoms with van der Waals surface area (Å²) in [7, 11) is 0. The summed E-state index contributed by atoms with van der Waals surface area (Å²) in [5, 5.41) is 257. The van der Waals surface area contributed by atoms with Gasteiger partial charge in [-0.1, -0.05) is 93.7 Å². The van der Waals surface area contributed by atoms with Crippen molar-refractivity contribution in [1.82, 2.24) is 0 Å². The molecule has 7 saturated heterocycles. The first-order valence-corrected chi connectivity index (χ1v) is 48.2. The number of aliphatic hydroxyl groups excluding tert-OH is 21. The number of carboxylic acid groups (broad SMARTS) is 1. The van der Waals surface area contributed by atoms with E-state index in [1.54, 1.807) is 27.7 Å². The van der Waals surface area contributed by atoms with Crippen LogP contribution in [0.25, 0.3) is 0 Å². The van der Waals surface area contributed by atoms with Gasteiger partial charge in [0.25, 0.3) is 0 Å². The van der Waals surface area contributed by atoms with Crippen molar-refractivity contribution in [3.63, 3.8) is 0 Å². The molecule has 794 valence electrons. The second-order valence-corrected chi connectivity index (χ2v) is 42.3. The van der Waals surface area contributed by atoms with Crippen LogP contribution < -0.4 is 0 Å². The molecule has 0 radical (unpaired) electrons. The van der Waals surface area contributed by atoms with E-state index in [1.807, 2.05) is 27.7 Å². The van der Waals surface area contributed by atoms with Gasteiger partial charge >= 0.3 is 23.9 Å². The van der Waals surface area contributed by atoms with Crippen molar-refractivity contribution in [3.8, 4) is 0 Å². The average Bonchev–Trinajstić information content (AvgIpc) is 0.706. The van der Waals surface area contributed by atoms with Gasteiger partial charge < -0.3 is 208 Å². The zero-order valence-corrected chi connectivity index (χ0v) is 80.1. The third-order valence-electron chi connectivity index (χ3n) is 32.4. The number of ether oxygens (including phenoxy) is 18. The number of carbonyl (C=O) groups is 5. The fraction of sp³-hybridized carbons (Fsp3) is 0.924. The summed E-state index contributed by atoms with van der Waals surface area (Å²) in [6.45, 7) is 19.5. The number of aliphatic carboxylic acids is 1. The van der Waals surface area contributed by atoms with E-state index in [0.29, 0.717) is 38.5 Å². The second-order valence-electron chi connectivity index (χ2n) is 42.3. The van der Waals surface area contributed by atoms with Crippen molar-refractivity contribution in [3.05, 3.63) is 11.6 Å². The molecule has 0 aromatic carbocycles. The number of esters is 3. The Morgan fingerprint density at radius 3 is 1.67 bits per heavy atom. The van der Waals surface area contributed by atoms with Crippen molar-refractivity contribution >= 4 is 30.2 Å². The maximum Gasteiger partial charge on any atom is 0.335 e. The van der Waals surface area contributed by atoms with Gasteiger partial charge in [0.15, 0.2) is 49.9 Å². The molecule has 7 heterocycles. The highest BCUT2D eigenvalue weighted by Gasteiger charge is 2.74. The molecular weight excluding hydrogens is 1840 g/mol. The molecule has 23 N–H and O–H groups in total. The zero-order valence-electron chi connectivity index (χ0n) is 80.1. The van der Waals surface area contributed by atoms with Crippen LogP contribution in [-0.2, 0) is 109 Å². The van der Waals surface area contributed by atoms with E-state index in [2.05, 4.69) is 19.9 Å². The standard InChI is InChI=1S/C92H150O46/c1-14-38(5)48(127-56(102)26-42(97)25-49(39(6)15-2)138-92(120)36-124-51(31-94)75(92)115)24-41(96)27-57(103)130-77(118)74(136-81-66(112)62(108)69(40(7)126-81)131-80-68(114)70(47(100)34-123-80)132-78-63(109)58(104)45(98)32-121-78)84(125-37(3)4)137-85(119)91-23-22-86(8,9)28-44(91)43-16-17-53-87(10)20-19-55(88(11,35-95)52(87)18-21-89(53,12)90(43,13)29-54(91)101)129-83-73(135-82-65(111)61(107)60(106)50(30-93)128-82)71(67(113)72(134-83)76(116)117)133-79-64(110)59(105)46(99)33-122-79/h16,35,37-42,44-55,58-75,77-84,93-94,96-101,104-115,118,120H,14-15,17-34,36H2,1-13H3,(H,116,117)/t38-,39-,40?,41-,42-,44?,45?,46+,47?,48-,49-,50?,51-,52?,53?,54+,55-,58-,59?,60-,61?,62?,63?,64?,65?,66?,67+,68?,69-,70-,71?,72?,73?,74?,75?,77?,78+,79-,80+,81-,82-,83+,84-,87-,88-,89+,90+,91+,92?/m0/s1. The predicted octanol–water partition coefficient (Wildman–Crippen LogP) is -5.09. The van der Waals surface area contributed by atoms with E-state index in [0.717, 1.165) is 11.9 Å². The second kappa shape index (κ2) is 45.3. The lowest BCUT2D eigenvalue weighted by molar-refractivity contribution is -0.391. The van der Waals surface area contributed by atoms with Crippen molar-refractivity contribution in [1.29, 1.82) is 0 Å². The van der Waals surface area contributed by atoms with Crippen molar-refractivity contribution in [2.75, 3.05) is 39.6 Å². The van der Waals surface area contributed by atoms with Gasteiger partial charge in [-0.05, 0) is 130 Å². The highest BCUT2D eigenvalue weighted by atomic mass is 16.8. The lowest BCUT2D eigenvalue weighted by Gasteiger charge is -2.71. The van der Waals surface area contributed by atoms with Crippen LogP contribution in [0.3, 0.4) is 0 Å². The Bertz CT molecular complexity index is 4040. The van der Waals surface area contributed by atoms with E-state index in [-0.39, 0.29) is 50.4 Å². The lowest BCUT2D eigenvalue weighted by Crippen LogP contribution is -2.69. The number of rotatable bonds is 38. The number of hydrogen-bond acceptors (Lipinski definition) is 45. The van der Waals surface area contributed by atoms with Crippen molar-refractivity contribution in [2.24, 2.45) is 62.1 Å². The summed E-state index contributed by atoms with van der Waals surface area (Å²) in [6.07, 6.45) is -67.4. The third-order valence-corrected chi connectivity index (χ3v) is 32.4. The first-order valence-electron chi connectivity index (χ1n) is 48.2. The van der Waals surface area contributed by atoms with Crippen LogP contribution in [0.2, 0.25) is 0 Å². The van der Waals surface area contributed by atoms with Gasteiger partial charge in [-0.3, -0.25) is 14.4 Å². The van der Waals surface area contributed by atoms with Gasteiger partial charge in [-0.15, -0.1) is 0 Å². The number of aliphatic hydroxyl groups is 22. The molecule has 0 amide bonds. The molecule has 5 aliphatic carbocycles. The Balaban J connectivity index is 0.809. The molecule has 0 spiro atoms. The smallest absolute Gasteiger partial charge is 0.335 e. The van der Waals surface area contributed by atoms with E-state index >= 15 is 4.79 Å². The normalized spacial score (nSPS) is 46.2. The third kappa shape index (κ3) is 22.6. The Labute approximate surface area is 798 Å². The van der Waals surface area contributed by atoms with Crippen molar-refractivity contribution in [2.45, 2.75) is 432 Å². The fourth-order valence-electron chi connectivity index (χ4n) is 23.5. The minimum atomic E-state index is -2.67. The summed E-state index contributed by atoms with van der Waals surface area (Å²) in [6, 6.07) is 0. The maximum atomic E-state index is 16.5. The summed E-state index contributed by atoms with van der Waals surface area (Å²) in [5.74, 6) is -10.1. The Hall–Kier alpha value is -4.19. The van der Waals surface area contributed by atoms with Gasteiger partial charge in [-0.2, -0.15) is 0 Å². The quantitative estimate of drug-likeness (QED) is 0.00687. The summed E-state index contributed by atoms with van der Waals surface area (Å²) < 4.78 is 108. The van der Waals surface area contributed by atoms with Crippen LogP contribution in [0.15, 0.2) is 11.6 Å². The van der Waals surface area contributed by atoms with Crippen LogP contribution >= 0.6 is 0 Å². The molecule has 12 aliphatic rings. The molecule has 0 bridgehead atoms.